The third kappa shape index (κ3) is 1.29. The fourth-order valence-corrected chi connectivity index (χ4v) is 1.13. The topological polar surface area (TPSA) is 41.1 Å². The van der Waals surface area contributed by atoms with Gasteiger partial charge in [0.2, 0.25) is 5.91 Å². The van der Waals surface area contributed by atoms with Crippen molar-refractivity contribution in [2.24, 2.45) is 5.41 Å². The molecule has 1 heterocycles. The molecule has 3 heteroatoms. The lowest BCUT2D eigenvalue weighted by Gasteiger charge is -2.23. The number of carbonyl (C=O) groups is 1. The Bertz CT molecular complexity index is 148. The van der Waals surface area contributed by atoms with Crippen LogP contribution in [0, 0.1) is 5.41 Å². The van der Waals surface area contributed by atoms with Gasteiger partial charge in [0.05, 0.1) is 12.7 Å². The third-order valence-corrected chi connectivity index (χ3v) is 1.70. The maximum Gasteiger partial charge on any atom is 0.238 e. The maximum atomic E-state index is 11.0. The largest absolute Gasteiger partial charge is 0.342 e. The highest BCUT2D eigenvalue weighted by Gasteiger charge is 2.33. The first-order valence-electron chi connectivity index (χ1n) is 3.53. The van der Waals surface area contributed by atoms with Gasteiger partial charge in [-0.25, -0.2) is 0 Å². The predicted molar refractivity (Wildman–Crippen MR) is 39.4 cm³/mol. The zero-order chi connectivity index (χ0) is 7.78. The Labute approximate surface area is 61.2 Å². The normalized spacial score (nSPS) is 26.7. The van der Waals surface area contributed by atoms with Crippen LogP contribution in [0.3, 0.4) is 0 Å². The number of rotatable bonds is 0. The summed E-state index contributed by atoms with van der Waals surface area (Å²) in [6.45, 7) is 6.77. The minimum absolute atomic E-state index is 0.0208. The van der Waals surface area contributed by atoms with Crippen LogP contribution < -0.4 is 10.6 Å². The number of hydrogen-bond acceptors (Lipinski definition) is 2. The minimum atomic E-state index is -0.0208. The van der Waals surface area contributed by atoms with E-state index in [0.717, 1.165) is 0 Å². The first kappa shape index (κ1) is 7.54. The van der Waals surface area contributed by atoms with Crippen LogP contribution in [0.25, 0.3) is 0 Å². The molecule has 0 aromatic rings. The quantitative estimate of drug-likeness (QED) is 0.503. The van der Waals surface area contributed by atoms with Crippen molar-refractivity contribution in [2.75, 3.05) is 6.67 Å². The lowest BCUT2D eigenvalue weighted by atomic mass is 9.87. The molecule has 1 atom stereocenters. The molecule has 0 aliphatic carbocycles. The van der Waals surface area contributed by atoms with Gasteiger partial charge >= 0.3 is 0 Å². The summed E-state index contributed by atoms with van der Waals surface area (Å²) in [5, 5.41) is 5.81. The van der Waals surface area contributed by atoms with Crippen LogP contribution >= 0.6 is 0 Å². The van der Waals surface area contributed by atoms with Gasteiger partial charge in [-0.1, -0.05) is 20.8 Å². The monoisotopic (exact) mass is 142 g/mol. The molecule has 1 rings (SSSR count). The van der Waals surface area contributed by atoms with Crippen LogP contribution in [0.2, 0.25) is 0 Å². The molecular weight excluding hydrogens is 128 g/mol. The summed E-state index contributed by atoms with van der Waals surface area (Å²) in [5.41, 5.74) is 0.0284. The number of hydrogen-bond donors (Lipinski definition) is 2. The second-order valence-electron chi connectivity index (χ2n) is 3.72. The molecule has 0 saturated carbocycles. The van der Waals surface area contributed by atoms with E-state index in [1.165, 1.54) is 0 Å². The molecule has 1 unspecified atom stereocenters. The van der Waals surface area contributed by atoms with Gasteiger partial charge in [-0.15, -0.1) is 0 Å². The van der Waals surface area contributed by atoms with Crippen molar-refractivity contribution in [3.05, 3.63) is 0 Å². The highest BCUT2D eigenvalue weighted by molar-refractivity contribution is 5.84. The van der Waals surface area contributed by atoms with Crippen LogP contribution in [-0.4, -0.2) is 18.6 Å². The fraction of sp³-hybridized carbons (Fsp3) is 0.857. The molecule has 3 nitrogen and oxygen atoms in total. The fourth-order valence-electron chi connectivity index (χ4n) is 1.13. The minimum Gasteiger partial charge on any atom is -0.342 e. The van der Waals surface area contributed by atoms with E-state index in [0.29, 0.717) is 6.67 Å². The molecule has 1 amide bonds. The Morgan fingerprint density at radius 3 is 2.30 bits per heavy atom. The molecule has 0 radical (unpaired) electrons. The number of amides is 1. The third-order valence-electron chi connectivity index (χ3n) is 1.70. The Morgan fingerprint density at radius 2 is 2.10 bits per heavy atom. The van der Waals surface area contributed by atoms with Crippen LogP contribution in [0.5, 0.6) is 0 Å². The zero-order valence-electron chi connectivity index (χ0n) is 6.69. The van der Waals surface area contributed by atoms with Crippen LogP contribution in [0.15, 0.2) is 0 Å². The van der Waals surface area contributed by atoms with Gasteiger partial charge in [0.25, 0.3) is 0 Å². The summed E-state index contributed by atoms with van der Waals surface area (Å²) < 4.78 is 0. The Kier molecular flexibility index (Phi) is 1.68. The summed E-state index contributed by atoms with van der Waals surface area (Å²) in [7, 11) is 0. The zero-order valence-corrected chi connectivity index (χ0v) is 6.69. The average molecular weight is 142 g/mol. The van der Waals surface area contributed by atoms with Crippen LogP contribution in [-0.2, 0) is 4.79 Å². The van der Waals surface area contributed by atoms with Gasteiger partial charge in [-0.3, -0.25) is 10.1 Å². The van der Waals surface area contributed by atoms with Gasteiger partial charge in [-0.05, 0) is 5.41 Å². The van der Waals surface area contributed by atoms with Crippen molar-refractivity contribution in [2.45, 2.75) is 26.8 Å². The lowest BCUT2D eigenvalue weighted by molar-refractivity contribution is -0.122. The van der Waals surface area contributed by atoms with Crippen molar-refractivity contribution >= 4 is 5.91 Å². The Morgan fingerprint density at radius 1 is 1.50 bits per heavy atom. The Balaban J connectivity index is 2.64. The molecule has 0 aromatic heterocycles. The van der Waals surface area contributed by atoms with Gasteiger partial charge < -0.3 is 5.32 Å². The predicted octanol–water partition coefficient (Wildman–Crippen LogP) is 0.0780. The van der Waals surface area contributed by atoms with E-state index in [1.807, 2.05) is 0 Å². The Hall–Kier alpha value is -0.570. The smallest absolute Gasteiger partial charge is 0.238 e. The van der Waals surface area contributed by atoms with Gasteiger partial charge in [0, 0.05) is 0 Å². The molecule has 1 aliphatic heterocycles. The molecular formula is C7H14N2O. The van der Waals surface area contributed by atoms with E-state index in [-0.39, 0.29) is 17.4 Å². The van der Waals surface area contributed by atoms with E-state index in [4.69, 9.17) is 0 Å². The van der Waals surface area contributed by atoms with Crippen LogP contribution in [0.1, 0.15) is 20.8 Å². The van der Waals surface area contributed by atoms with Gasteiger partial charge in [0.15, 0.2) is 0 Å². The van der Waals surface area contributed by atoms with E-state index < -0.39 is 0 Å². The molecule has 1 fully saturated rings. The van der Waals surface area contributed by atoms with Crippen molar-refractivity contribution < 1.29 is 4.79 Å². The molecule has 10 heavy (non-hydrogen) atoms. The van der Waals surface area contributed by atoms with E-state index in [9.17, 15) is 4.79 Å². The summed E-state index contributed by atoms with van der Waals surface area (Å²) >= 11 is 0. The van der Waals surface area contributed by atoms with Crippen molar-refractivity contribution in [3.63, 3.8) is 0 Å². The summed E-state index contributed by atoms with van der Waals surface area (Å²) in [4.78, 5) is 11.0. The molecule has 1 aliphatic rings. The van der Waals surface area contributed by atoms with Crippen molar-refractivity contribution in [1.82, 2.24) is 10.6 Å². The standard InChI is InChI=1S/C7H14N2O/c1-7(2,3)5-6(10)9-4-8-5/h5,8H,4H2,1-3H3,(H,9,10). The summed E-state index contributed by atoms with van der Waals surface area (Å²) in [6, 6.07) is -0.0208. The summed E-state index contributed by atoms with van der Waals surface area (Å²) in [5.74, 6) is 0.118. The van der Waals surface area contributed by atoms with Crippen molar-refractivity contribution in [3.8, 4) is 0 Å². The van der Waals surface area contributed by atoms with Crippen LogP contribution in [0.4, 0.5) is 0 Å². The highest BCUT2D eigenvalue weighted by Crippen LogP contribution is 2.20. The molecule has 1 saturated heterocycles. The van der Waals surface area contributed by atoms with Gasteiger partial charge in [0.1, 0.15) is 0 Å². The second-order valence-corrected chi connectivity index (χ2v) is 3.72. The van der Waals surface area contributed by atoms with Gasteiger partial charge in [-0.2, -0.15) is 0 Å². The SMILES string of the molecule is CC(C)(C)C1NCNC1=O. The molecule has 0 bridgehead atoms. The van der Waals surface area contributed by atoms with Crippen molar-refractivity contribution in [1.29, 1.82) is 0 Å². The average Bonchev–Trinajstić information content (AvgIpc) is 2.11. The molecule has 58 valence electrons. The van der Waals surface area contributed by atoms with E-state index >= 15 is 0 Å². The molecule has 2 N–H and O–H groups in total. The first-order valence-corrected chi connectivity index (χ1v) is 3.53. The molecule has 0 aromatic carbocycles. The van der Waals surface area contributed by atoms with E-state index in [2.05, 4.69) is 31.4 Å². The first-order chi connectivity index (χ1) is 4.52. The molecule has 0 spiro atoms. The maximum absolute atomic E-state index is 11.0. The van der Waals surface area contributed by atoms with E-state index in [1.54, 1.807) is 0 Å². The summed E-state index contributed by atoms with van der Waals surface area (Å²) in [6.07, 6.45) is 0. The highest BCUT2D eigenvalue weighted by atomic mass is 16.2. The lowest BCUT2D eigenvalue weighted by Crippen LogP contribution is -2.40. The number of nitrogens with one attached hydrogen (secondary N) is 2. The number of carbonyl (C=O) groups excluding carboxylic acids is 1. The second kappa shape index (κ2) is 2.23.